The van der Waals surface area contributed by atoms with Gasteiger partial charge in [-0.25, -0.2) is 0 Å². The first-order valence-electron chi connectivity index (χ1n) is 4.10. The summed E-state index contributed by atoms with van der Waals surface area (Å²) in [6.45, 7) is 3.60. The summed E-state index contributed by atoms with van der Waals surface area (Å²) in [4.78, 5) is 11.3. The Morgan fingerprint density at radius 3 is 3.09 bits per heavy atom. The second-order valence-electron chi connectivity index (χ2n) is 2.80. The van der Waals surface area contributed by atoms with E-state index in [0.717, 1.165) is 12.8 Å². The first-order valence-corrected chi connectivity index (χ1v) is 5.14. The molecule has 2 heteroatoms. The highest BCUT2D eigenvalue weighted by atomic mass is 32.2. The lowest BCUT2D eigenvalue weighted by atomic mass is 10.1. The molecule has 1 rings (SSSR count). The minimum atomic E-state index is 0.315. The molecule has 0 spiro atoms. The summed E-state index contributed by atoms with van der Waals surface area (Å²) in [6, 6.07) is 0. The maximum atomic E-state index is 11.3. The molecule has 0 aliphatic carbocycles. The molecule has 1 aliphatic rings. The molecule has 0 aromatic carbocycles. The minimum absolute atomic E-state index is 0.315. The smallest absolute Gasteiger partial charge is 0.146 e. The Morgan fingerprint density at radius 1 is 1.73 bits per heavy atom. The Labute approximate surface area is 72.2 Å². The lowest BCUT2D eigenvalue weighted by molar-refractivity contribution is -0.118. The van der Waals surface area contributed by atoms with Gasteiger partial charge in [0.1, 0.15) is 5.78 Å². The second-order valence-corrected chi connectivity index (χ2v) is 4.11. The number of rotatable bonds is 4. The van der Waals surface area contributed by atoms with E-state index < -0.39 is 0 Å². The summed E-state index contributed by atoms with van der Waals surface area (Å²) in [5, 5.41) is 0.315. The van der Waals surface area contributed by atoms with E-state index in [0.29, 0.717) is 17.5 Å². The first-order chi connectivity index (χ1) is 5.34. The van der Waals surface area contributed by atoms with Crippen LogP contribution in [0.25, 0.3) is 0 Å². The van der Waals surface area contributed by atoms with Crippen LogP contribution in [0, 0.1) is 0 Å². The first kappa shape index (κ1) is 8.85. The molecule has 1 aliphatic heterocycles. The van der Waals surface area contributed by atoms with Crippen molar-refractivity contribution < 1.29 is 4.79 Å². The molecule has 62 valence electrons. The van der Waals surface area contributed by atoms with E-state index in [9.17, 15) is 4.79 Å². The van der Waals surface area contributed by atoms with E-state index in [2.05, 4.69) is 6.58 Å². The predicted octanol–water partition coefficient (Wildman–Crippen LogP) is 2.42. The topological polar surface area (TPSA) is 17.1 Å². The number of ketones is 1. The molecule has 0 amide bonds. The summed E-state index contributed by atoms with van der Waals surface area (Å²) >= 11 is 1.82. The predicted molar refractivity (Wildman–Crippen MR) is 49.9 cm³/mol. The summed E-state index contributed by atoms with van der Waals surface area (Å²) in [6.07, 6.45) is 5.67. The number of carbonyl (C=O) groups excluding carboxylic acids is 1. The van der Waals surface area contributed by atoms with Crippen molar-refractivity contribution in [1.29, 1.82) is 0 Å². The molecule has 1 atom stereocenters. The molecule has 1 nitrogen and oxygen atoms in total. The van der Waals surface area contributed by atoms with E-state index in [1.807, 2.05) is 17.8 Å². The van der Waals surface area contributed by atoms with Crippen LogP contribution < -0.4 is 0 Å². The van der Waals surface area contributed by atoms with Crippen LogP contribution in [0.3, 0.4) is 0 Å². The van der Waals surface area contributed by atoms with Gasteiger partial charge in [-0.15, -0.1) is 6.58 Å². The molecular formula is C9H14OS. The number of Topliss-reactive ketones (excluding diaryl/α,β-unsaturated/α-hetero) is 1. The van der Waals surface area contributed by atoms with Crippen molar-refractivity contribution in [3.63, 3.8) is 0 Å². The number of thioether (sulfide) groups is 1. The Bertz CT molecular complexity index is 148. The van der Waals surface area contributed by atoms with Crippen LogP contribution in [0.15, 0.2) is 12.7 Å². The van der Waals surface area contributed by atoms with Gasteiger partial charge in [0, 0.05) is 6.42 Å². The lowest BCUT2D eigenvalue weighted by Crippen LogP contribution is -2.12. The molecule has 0 saturated carbocycles. The molecule has 11 heavy (non-hydrogen) atoms. The highest BCUT2D eigenvalue weighted by Gasteiger charge is 2.21. The fourth-order valence-electron chi connectivity index (χ4n) is 1.24. The molecule has 0 bridgehead atoms. The van der Waals surface area contributed by atoms with Gasteiger partial charge < -0.3 is 0 Å². The van der Waals surface area contributed by atoms with Crippen LogP contribution in [-0.2, 0) is 4.79 Å². The number of allylic oxidation sites excluding steroid dienone is 1. The zero-order chi connectivity index (χ0) is 8.10. The number of hydrogen-bond donors (Lipinski definition) is 0. The monoisotopic (exact) mass is 170 g/mol. The number of hydrogen-bond acceptors (Lipinski definition) is 2. The highest BCUT2D eigenvalue weighted by Crippen LogP contribution is 2.27. The van der Waals surface area contributed by atoms with Crippen molar-refractivity contribution in [3.05, 3.63) is 12.7 Å². The molecular weight excluding hydrogens is 156 g/mol. The van der Waals surface area contributed by atoms with E-state index in [1.54, 1.807) is 0 Å². The van der Waals surface area contributed by atoms with Gasteiger partial charge in [0.15, 0.2) is 0 Å². The third-order valence-corrected chi connectivity index (χ3v) is 3.31. The Balaban J connectivity index is 2.22. The standard InChI is InChI=1S/C9H14OS/c1-2-3-5-8(10)9-6-4-7-11-9/h2,9H,1,3-7H2. The molecule has 0 aromatic heterocycles. The molecule has 1 fully saturated rings. The Kier molecular flexibility index (Phi) is 3.70. The van der Waals surface area contributed by atoms with Gasteiger partial charge >= 0.3 is 0 Å². The molecule has 0 radical (unpaired) electrons. The van der Waals surface area contributed by atoms with Crippen LogP contribution in [0.4, 0.5) is 0 Å². The fraction of sp³-hybridized carbons (Fsp3) is 0.667. The molecule has 0 aromatic rings. The molecule has 1 unspecified atom stereocenters. The van der Waals surface area contributed by atoms with Gasteiger partial charge in [-0.3, -0.25) is 4.79 Å². The normalized spacial score (nSPS) is 23.5. The third kappa shape index (κ3) is 2.70. The quantitative estimate of drug-likeness (QED) is 0.603. The Hall–Kier alpha value is -0.240. The van der Waals surface area contributed by atoms with Gasteiger partial charge in [-0.05, 0) is 25.0 Å². The van der Waals surface area contributed by atoms with E-state index >= 15 is 0 Å². The summed E-state index contributed by atoms with van der Waals surface area (Å²) in [5.41, 5.74) is 0. The lowest BCUT2D eigenvalue weighted by Gasteiger charge is -2.04. The fourth-order valence-corrected chi connectivity index (χ4v) is 2.49. The van der Waals surface area contributed by atoms with Gasteiger partial charge in [-0.1, -0.05) is 6.08 Å². The summed E-state index contributed by atoms with van der Waals surface area (Å²) < 4.78 is 0. The van der Waals surface area contributed by atoms with Crippen LogP contribution in [0.5, 0.6) is 0 Å². The molecule has 1 heterocycles. The zero-order valence-electron chi connectivity index (χ0n) is 6.71. The average Bonchev–Trinajstić information content (AvgIpc) is 2.52. The van der Waals surface area contributed by atoms with Crippen molar-refractivity contribution >= 4 is 17.5 Å². The van der Waals surface area contributed by atoms with Crippen molar-refractivity contribution in [3.8, 4) is 0 Å². The van der Waals surface area contributed by atoms with Gasteiger partial charge in [0.2, 0.25) is 0 Å². The minimum Gasteiger partial charge on any atom is -0.298 e. The maximum Gasteiger partial charge on any atom is 0.146 e. The Morgan fingerprint density at radius 2 is 2.55 bits per heavy atom. The van der Waals surface area contributed by atoms with Crippen LogP contribution in [0.2, 0.25) is 0 Å². The average molecular weight is 170 g/mol. The van der Waals surface area contributed by atoms with Crippen LogP contribution in [0.1, 0.15) is 25.7 Å². The van der Waals surface area contributed by atoms with Crippen molar-refractivity contribution in [2.24, 2.45) is 0 Å². The summed E-state index contributed by atoms with van der Waals surface area (Å²) in [5.74, 6) is 1.59. The van der Waals surface area contributed by atoms with Crippen LogP contribution >= 0.6 is 11.8 Å². The van der Waals surface area contributed by atoms with E-state index in [4.69, 9.17) is 0 Å². The molecule has 0 N–H and O–H groups in total. The van der Waals surface area contributed by atoms with Crippen molar-refractivity contribution in [2.75, 3.05) is 5.75 Å². The largest absolute Gasteiger partial charge is 0.298 e. The van der Waals surface area contributed by atoms with Crippen molar-refractivity contribution in [2.45, 2.75) is 30.9 Å². The van der Waals surface area contributed by atoms with Gasteiger partial charge in [0.05, 0.1) is 5.25 Å². The SMILES string of the molecule is C=CCCC(=O)C1CCCS1. The zero-order valence-corrected chi connectivity index (χ0v) is 7.53. The third-order valence-electron chi connectivity index (χ3n) is 1.88. The van der Waals surface area contributed by atoms with Crippen molar-refractivity contribution in [1.82, 2.24) is 0 Å². The number of carbonyl (C=O) groups is 1. The van der Waals surface area contributed by atoms with E-state index in [1.165, 1.54) is 12.2 Å². The summed E-state index contributed by atoms with van der Waals surface area (Å²) in [7, 11) is 0. The van der Waals surface area contributed by atoms with E-state index in [-0.39, 0.29) is 0 Å². The maximum absolute atomic E-state index is 11.3. The highest BCUT2D eigenvalue weighted by molar-refractivity contribution is 8.00. The second kappa shape index (κ2) is 4.60. The molecule has 1 saturated heterocycles. The van der Waals surface area contributed by atoms with Gasteiger partial charge in [-0.2, -0.15) is 11.8 Å². The van der Waals surface area contributed by atoms with Crippen LogP contribution in [-0.4, -0.2) is 16.8 Å². The van der Waals surface area contributed by atoms with Gasteiger partial charge in [0.25, 0.3) is 0 Å².